The molecule has 0 saturated carbocycles. The molecule has 0 aliphatic rings. The molecule has 1 nitrogen and oxygen atoms in total. The molecule has 0 radical (unpaired) electrons. The van der Waals surface area contributed by atoms with Gasteiger partial charge in [0.1, 0.15) is 0 Å². The van der Waals surface area contributed by atoms with Crippen LogP contribution >= 0.6 is 11.6 Å². The number of halogens is 4. The second-order valence-corrected chi connectivity index (χ2v) is 3.25. The standard InChI is InChI=1S/C10H6ClF3O/c1-6(10(12,13)14)9(15)7-2-4-8(11)5-3-7/h2-5H,1H2. The van der Waals surface area contributed by atoms with Crippen LogP contribution in [-0.2, 0) is 0 Å². The van der Waals surface area contributed by atoms with Crippen LogP contribution in [0, 0.1) is 0 Å². The minimum absolute atomic E-state index is 0.0817. The number of carbonyl (C=O) groups is 1. The van der Waals surface area contributed by atoms with Crippen molar-refractivity contribution in [2.24, 2.45) is 0 Å². The van der Waals surface area contributed by atoms with E-state index in [9.17, 15) is 18.0 Å². The third-order valence-corrected chi connectivity index (χ3v) is 1.97. The van der Waals surface area contributed by atoms with Gasteiger partial charge in [0.15, 0.2) is 5.78 Å². The molecule has 0 atom stereocenters. The fourth-order valence-corrected chi connectivity index (χ4v) is 1.03. The molecule has 1 aromatic rings. The largest absolute Gasteiger partial charge is 0.419 e. The van der Waals surface area contributed by atoms with Crippen molar-refractivity contribution in [3.8, 4) is 0 Å². The van der Waals surface area contributed by atoms with Crippen LogP contribution in [0.5, 0.6) is 0 Å². The van der Waals surface area contributed by atoms with Crippen LogP contribution in [0.1, 0.15) is 10.4 Å². The molecule has 0 N–H and O–H groups in total. The van der Waals surface area contributed by atoms with Crippen molar-refractivity contribution < 1.29 is 18.0 Å². The van der Waals surface area contributed by atoms with E-state index in [1.165, 1.54) is 24.3 Å². The quantitative estimate of drug-likeness (QED) is 0.564. The van der Waals surface area contributed by atoms with Gasteiger partial charge in [-0.2, -0.15) is 13.2 Å². The number of hydrogen-bond acceptors (Lipinski definition) is 1. The molecule has 0 unspecified atom stereocenters. The van der Waals surface area contributed by atoms with Gasteiger partial charge in [0, 0.05) is 10.6 Å². The summed E-state index contributed by atoms with van der Waals surface area (Å²) < 4.78 is 36.4. The summed E-state index contributed by atoms with van der Waals surface area (Å²) in [6.45, 7) is 2.72. The number of Topliss-reactive ketones (excluding diaryl/α,β-unsaturated/α-hetero) is 1. The Kier molecular flexibility index (Phi) is 3.19. The first-order valence-corrected chi connectivity index (χ1v) is 4.26. The number of benzene rings is 1. The summed E-state index contributed by atoms with van der Waals surface area (Å²) in [5.41, 5.74) is -1.47. The van der Waals surface area contributed by atoms with E-state index >= 15 is 0 Å². The summed E-state index contributed by atoms with van der Waals surface area (Å²) >= 11 is 5.53. The molecule has 15 heavy (non-hydrogen) atoms. The van der Waals surface area contributed by atoms with Crippen molar-refractivity contribution >= 4 is 17.4 Å². The van der Waals surface area contributed by atoms with Crippen LogP contribution in [0.25, 0.3) is 0 Å². The lowest BCUT2D eigenvalue weighted by molar-refractivity contribution is -0.0883. The van der Waals surface area contributed by atoms with Crippen LogP contribution in [0.4, 0.5) is 13.2 Å². The fraction of sp³-hybridized carbons (Fsp3) is 0.100. The lowest BCUT2D eigenvalue weighted by Crippen LogP contribution is -2.19. The summed E-state index contributed by atoms with van der Waals surface area (Å²) in [6, 6.07) is 5.14. The number of hydrogen-bond donors (Lipinski definition) is 0. The SMILES string of the molecule is C=C(C(=O)c1ccc(Cl)cc1)C(F)(F)F. The molecule has 0 bridgehead atoms. The molecule has 5 heteroatoms. The fourth-order valence-electron chi connectivity index (χ4n) is 0.904. The molecule has 0 aromatic heterocycles. The summed E-state index contributed by atoms with van der Waals surface area (Å²) in [5.74, 6) is -1.14. The van der Waals surface area contributed by atoms with Crippen molar-refractivity contribution in [2.75, 3.05) is 0 Å². The number of ketones is 1. The zero-order valence-electron chi connectivity index (χ0n) is 7.44. The Morgan fingerprint density at radius 1 is 1.20 bits per heavy atom. The first-order chi connectivity index (χ1) is 6.82. The molecular formula is C10H6ClF3O. The van der Waals surface area contributed by atoms with Crippen LogP contribution in [0.3, 0.4) is 0 Å². The average Bonchev–Trinajstić information content (AvgIpc) is 2.15. The van der Waals surface area contributed by atoms with E-state index in [2.05, 4.69) is 6.58 Å². The highest BCUT2D eigenvalue weighted by molar-refractivity contribution is 6.30. The summed E-state index contributed by atoms with van der Waals surface area (Å²) in [4.78, 5) is 11.2. The molecule has 1 aromatic carbocycles. The Morgan fingerprint density at radius 2 is 1.67 bits per heavy atom. The van der Waals surface area contributed by atoms with Gasteiger partial charge < -0.3 is 0 Å². The van der Waals surface area contributed by atoms with Crippen LogP contribution in [0.15, 0.2) is 36.4 Å². The molecule has 1 rings (SSSR count). The molecule has 0 fully saturated rings. The molecule has 0 amide bonds. The van der Waals surface area contributed by atoms with Gasteiger partial charge in [0.25, 0.3) is 0 Å². The predicted molar refractivity (Wildman–Crippen MR) is 51.0 cm³/mol. The first kappa shape index (κ1) is 11.8. The molecule has 0 aliphatic heterocycles. The Bertz CT molecular complexity index is 392. The average molecular weight is 235 g/mol. The summed E-state index contributed by atoms with van der Waals surface area (Å²) in [5, 5.41) is 0.351. The Balaban J connectivity index is 2.96. The third-order valence-electron chi connectivity index (χ3n) is 1.72. The smallest absolute Gasteiger partial charge is 0.289 e. The molecule has 0 heterocycles. The summed E-state index contributed by atoms with van der Waals surface area (Å²) in [6.07, 6.45) is -4.70. The van der Waals surface area contributed by atoms with E-state index in [-0.39, 0.29) is 5.56 Å². The van der Waals surface area contributed by atoms with Crippen molar-refractivity contribution in [3.05, 3.63) is 47.0 Å². The second kappa shape index (κ2) is 4.06. The first-order valence-electron chi connectivity index (χ1n) is 3.88. The van der Waals surface area contributed by atoms with Crippen molar-refractivity contribution in [1.29, 1.82) is 0 Å². The molecular weight excluding hydrogens is 229 g/mol. The van der Waals surface area contributed by atoms with Gasteiger partial charge in [-0.3, -0.25) is 4.79 Å². The van der Waals surface area contributed by atoms with Crippen LogP contribution < -0.4 is 0 Å². The Hall–Kier alpha value is -1.29. The highest BCUT2D eigenvalue weighted by atomic mass is 35.5. The van der Waals surface area contributed by atoms with E-state index < -0.39 is 17.5 Å². The topological polar surface area (TPSA) is 17.1 Å². The van der Waals surface area contributed by atoms with Crippen LogP contribution in [0.2, 0.25) is 5.02 Å². The highest BCUT2D eigenvalue weighted by Gasteiger charge is 2.36. The maximum atomic E-state index is 12.1. The number of alkyl halides is 3. The number of carbonyl (C=O) groups excluding carboxylic acids is 1. The normalized spacial score (nSPS) is 11.2. The van der Waals surface area contributed by atoms with Gasteiger partial charge in [-0.1, -0.05) is 18.2 Å². The van der Waals surface area contributed by atoms with Gasteiger partial charge in [0.05, 0.1) is 5.57 Å². The molecule has 80 valence electrons. The maximum Gasteiger partial charge on any atom is 0.419 e. The van der Waals surface area contributed by atoms with E-state index in [0.29, 0.717) is 5.02 Å². The van der Waals surface area contributed by atoms with E-state index in [1.807, 2.05) is 0 Å². The summed E-state index contributed by atoms with van der Waals surface area (Å²) in [7, 11) is 0. The van der Waals surface area contributed by atoms with Crippen molar-refractivity contribution in [2.45, 2.75) is 6.18 Å². The lowest BCUT2D eigenvalue weighted by Gasteiger charge is -2.08. The Labute approximate surface area is 89.2 Å². The van der Waals surface area contributed by atoms with E-state index in [0.717, 1.165) is 0 Å². The monoisotopic (exact) mass is 234 g/mol. The third kappa shape index (κ3) is 2.83. The van der Waals surface area contributed by atoms with Crippen molar-refractivity contribution in [3.63, 3.8) is 0 Å². The zero-order valence-corrected chi connectivity index (χ0v) is 8.19. The highest BCUT2D eigenvalue weighted by Crippen LogP contribution is 2.27. The molecule has 0 aliphatic carbocycles. The zero-order chi connectivity index (χ0) is 11.6. The van der Waals surface area contributed by atoms with E-state index in [4.69, 9.17) is 11.6 Å². The predicted octanol–water partition coefficient (Wildman–Crippen LogP) is 3.64. The van der Waals surface area contributed by atoms with Crippen molar-refractivity contribution in [1.82, 2.24) is 0 Å². The Morgan fingerprint density at radius 3 is 2.07 bits per heavy atom. The minimum Gasteiger partial charge on any atom is -0.289 e. The minimum atomic E-state index is -4.70. The lowest BCUT2D eigenvalue weighted by atomic mass is 10.0. The maximum absolute atomic E-state index is 12.1. The second-order valence-electron chi connectivity index (χ2n) is 2.81. The van der Waals surface area contributed by atoms with Gasteiger partial charge in [-0.25, -0.2) is 0 Å². The van der Waals surface area contributed by atoms with Crippen LogP contribution in [-0.4, -0.2) is 12.0 Å². The molecule has 0 saturated heterocycles. The van der Waals surface area contributed by atoms with E-state index in [1.54, 1.807) is 0 Å². The van der Waals surface area contributed by atoms with Gasteiger partial charge in [-0.15, -0.1) is 0 Å². The van der Waals surface area contributed by atoms with Gasteiger partial charge >= 0.3 is 6.18 Å². The molecule has 0 spiro atoms. The number of rotatable bonds is 2. The van der Waals surface area contributed by atoms with Gasteiger partial charge in [-0.05, 0) is 24.3 Å². The van der Waals surface area contributed by atoms with Gasteiger partial charge in [0.2, 0.25) is 0 Å². The number of allylic oxidation sites excluding steroid dienone is 1.